The van der Waals surface area contributed by atoms with Crippen molar-refractivity contribution in [2.45, 2.75) is 6.10 Å². The highest BCUT2D eigenvalue weighted by Gasteiger charge is 2.23. The van der Waals surface area contributed by atoms with Gasteiger partial charge in [-0.3, -0.25) is 4.79 Å². The smallest absolute Gasteiger partial charge is 0.270 e. The molecule has 1 atom stereocenters. The van der Waals surface area contributed by atoms with Crippen LogP contribution in [-0.4, -0.2) is 5.91 Å². The van der Waals surface area contributed by atoms with Crippen LogP contribution >= 0.6 is 0 Å². The number of anilines is 1. The van der Waals surface area contributed by atoms with Crippen molar-refractivity contribution in [2.24, 2.45) is 0 Å². The van der Waals surface area contributed by atoms with Gasteiger partial charge >= 0.3 is 0 Å². The highest BCUT2D eigenvalue weighted by Crippen LogP contribution is 2.24. The van der Waals surface area contributed by atoms with Crippen LogP contribution in [0.4, 0.5) is 10.1 Å². The van der Waals surface area contributed by atoms with Crippen LogP contribution in [0.25, 0.3) is 0 Å². The monoisotopic (exact) mass is 346 g/mol. The van der Waals surface area contributed by atoms with Crippen LogP contribution in [0.15, 0.2) is 78.9 Å². The van der Waals surface area contributed by atoms with E-state index in [1.807, 2.05) is 24.3 Å². The van der Waals surface area contributed by atoms with E-state index < -0.39 is 6.10 Å². The number of amides is 1. The molecule has 5 heteroatoms. The largest absolute Gasteiger partial charge is 0.476 e. The van der Waals surface area contributed by atoms with Gasteiger partial charge in [0.15, 0.2) is 0 Å². The third kappa shape index (κ3) is 4.25. The van der Waals surface area contributed by atoms with Crippen LogP contribution in [0.5, 0.6) is 5.75 Å². The highest BCUT2D eigenvalue weighted by molar-refractivity contribution is 5.95. The molecule has 0 saturated carbocycles. The molecule has 0 aromatic heterocycles. The molecule has 0 heterocycles. The van der Waals surface area contributed by atoms with Gasteiger partial charge in [0.1, 0.15) is 11.6 Å². The molecule has 0 aliphatic heterocycles. The first kappa shape index (κ1) is 17.2. The van der Waals surface area contributed by atoms with Crippen LogP contribution in [0.2, 0.25) is 0 Å². The lowest BCUT2D eigenvalue weighted by molar-refractivity contribution is -0.123. The second-order valence-corrected chi connectivity index (χ2v) is 5.54. The van der Waals surface area contributed by atoms with Crippen LogP contribution in [0, 0.1) is 17.1 Å². The fourth-order valence-electron chi connectivity index (χ4n) is 2.39. The van der Waals surface area contributed by atoms with Gasteiger partial charge in [-0.1, -0.05) is 30.3 Å². The molecule has 1 N–H and O–H groups in total. The van der Waals surface area contributed by atoms with Crippen molar-refractivity contribution < 1.29 is 13.9 Å². The number of nitrogens with zero attached hydrogens (tertiary/aromatic N) is 1. The van der Waals surface area contributed by atoms with Crippen molar-refractivity contribution in [3.63, 3.8) is 0 Å². The molecule has 0 fully saturated rings. The molecule has 3 rings (SSSR count). The molecule has 0 radical (unpaired) electrons. The summed E-state index contributed by atoms with van der Waals surface area (Å²) in [5, 5.41) is 11.6. The van der Waals surface area contributed by atoms with Gasteiger partial charge in [0.05, 0.1) is 11.6 Å². The van der Waals surface area contributed by atoms with E-state index in [9.17, 15) is 9.18 Å². The van der Waals surface area contributed by atoms with Crippen LogP contribution in [-0.2, 0) is 4.79 Å². The van der Waals surface area contributed by atoms with Gasteiger partial charge in [-0.25, -0.2) is 4.39 Å². The molecule has 0 aliphatic rings. The second kappa shape index (κ2) is 7.95. The lowest BCUT2D eigenvalue weighted by Crippen LogP contribution is -2.25. The van der Waals surface area contributed by atoms with E-state index in [0.29, 0.717) is 22.6 Å². The molecule has 4 nitrogen and oxygen atoms in total. The average molecular weight is 346 g/mol. The van der Waals surface area contributed by atoms with Crippen LogP contribution in [0.3, 0.4) is 0 Å². The molecule has 128 valence electrons. The minimum atomic E-state index is -0.894. The summed E-state index contributed by atoms with van der Waals surface area (Å²) >= 11 is 0. The Hall–Kier alpha value is -3.65. The number of ether oxygens (including phenoxy) is 1. The molecular formula is C21H15FN2O2. The topological polar surface area (TPSA) is 62.1 Å². The minimum absolute atomic E-state index is 0.378. The van der Waals surface area contributed by atoms with Gasteiger partial charge in [-0.15, -0.1) is 0 Å². The van der Waals surface area contributed by atoms with Gasteiger partial charge in [0.2, 0.25) is 6.10 Å². The lowest BCUT2D eigenvalue weighted by atomic mass is 10.1. The normalized spacial score (nSPS) is 11.2. The van der Waals surface area contributed by atoms with Gasteiger partial charge in [-0.2, -0.15) is 5.26 Å². The van der Waals surface area contributed by atoms with Crippen LogP contribution in [0.1, 0.15) is 17.2 Å². The first-order chi connectivity index (χ1) is 12.7. The van der Waals surface area contributed by atoms with E-state index in [2.05, 4.69) is 5.32 Å². The SMILES string of the molecule is N#Cc1ccc(O[C@@H](C(=O)Nc2ccc(F)cc2)c2ccccc2)cc1. The molecule has 0 unspecified atom stereocenters. The molecule has 0 saturated heterocycles. The second-order valence-electron chi connectivity index (χ2n) is 5.54. The lowest BCUT2D eigenvalue weighted by Gasteiger charge is -2.19. The Balaban J connectivity index is 1.84. The van der Waals surface area contributed by atoms with Gasteiger partial charge in [0, 0.05) is 11.3 Å². The maximum Gasteiger partial charge on any atom is 0.270 e. The molecule has 0 spiro atoms. The van der Waals surface area contributed by atoms with Crippen molar-refractivity contribution in [3.05, 3.63) is 95.8 Å². The Morgan fingerprint density at radius 1 is 0.962 bits per heavy atom. The first-order valence-corrected chi connectivity index (χ1v) is 7.94. The van der Waals surface area contributed by atoms with E-state index >= 15 is 0 Å². The molecule has 1 amide bonds. The zero-order valence-electron chi connectivity index (χ0n) is 13.7. The van der Waals surface area contributed by atoms with Crippen molar-refractivity contribution in [1.82, 2.24) is 0 Å². The Kier molecular flexibility index (Phi) is 5.25. The standard InChI is InChI=1S/C21H15FN2O2/c22-17-8-10-18(11-9-17)24-21(25)20(16-4-2-1-3-5-16)26-19-12-6-15(14-23)7-13-19/h1-13,20H,(H,24,25)/t20-/m1/s1. The van der Waals surface area contributed by atoms with E-state index in [1.54, 1.807) is 36.4 Å². The Morgan fingerprint density at radius 3 is 2.23 bits per heavy atom. The number of hydrogen-bond acceptors (Lipinski definition) is 3. The van der Waals surface area contributed by atoms with E-state index in [0.717, 1.165) is 0 Å². The summed E-state index contributed by atoms with van der Waals surface area (Å²) in [6.07, 6.45) is -0.894. The average Bonchev–Trinajstić information content (AvgIpc) is 2.69. The quantitative estimate of drug-likeness (QED) is 0.742. The summed E-state index contributed by atoms with van der Waals surface area (Å²) in [6, 6.07) is 23.1. The van der Waals surface area contributed by atoms with Crippen molar-refractivity contribution in [1.29, 1.82) is 5.26 Å². The summed E-state index contributed by atoms with van der Waals surface area (Å²) in [5.74, 6) is -0.296. The molecule has 0 aliphatic carbocycles. The predicted molar refractivity (Wildman–Crippen MR) is 96.0 cm³/mol. The molecule has 3 aromatic carbocycles. The van der Waals surface area contributed by atoms with Crippen molar-refractivity contribution in [2.75, 3.05) is 5.32 Å². The van der Waals surface area contributed by atoms with E-state index in [-0.39, 0.29) is 11.7 Å². The van der Waals surface area contributed by atoms with E-state index in [1.165, 1.54) is 24.3 Å². The molecule has 26 heavy (non-hydrogen) atoms. The van der Waals surface area contributed by atoms with Crippen molar-refractivity contribution in [3.8, 4) is 11.8 Å². The number of rotatable bonds is 5. The maximum atomic E-state index is 13.0. The summed E-state index contributed by atoms with van der Waals surface area (Å²) in [5.41, 5.74) is 1.65. The number of nitriles is 1. The zero-order chi connectivity index (χ0) is 18.4. The van der Waals surface area contributed by atoms with Gasteiger partial charge < -0.3 is 10.1 Å². The molecule has 3 aromatic rings. The fraction of sp³-hybridized carbons (Fsp3) is 0.0476. The highest BCUT2D eigenvalue weighted by atomic mass is 19.1. The number of carbonyl (C=O) groups is 1. The summed E-state index contributed by atoms with van der Waals surface area (Å²) in [6.45, 7) is 0. The number of nitrogens with one attached hydrogen (secondary N) is 1. The fourth-order valence-corrected chi connectivity index (χ4v) is 2.39. The number of carbonyl (C=O) groups excluding carboxylic acids is 1. The van der Waals surface area contributed by atoms with Crippen LogP contribution < -0.4 is 10.1 Å². The number of hydrogen-bond donors (Lipinski definition) is 1. The maximum absolute atomic E-state index is 13.0. The summed E-state index contributed by atoms with van der Waals surface area (Å²) in [7, 11) is 0. The number of halogens is 1. The summed E-state index contributed by atoms with van der Waals surface area (Å²) in [4.78, 5) is 12.7. The molecular weight excluding hydrogens is 331 g/mol. The predicted octanol–water partition coefficient (Wildman–Crippen LogP) is 4.46. The van der Waals surface area contributed by atoms with Gasteiger partial charge in [0.25, 0.3) is 5.91 Å². The van der Waals surface area contributed by atoms with E-state index in [4.69, 9.17) is 10.00 Å². The summed E-state index contributed by atoms with van der Waals surface area (Å²) < 4.78 is 18.9. The minimum Gasteiger partial charge on any atom is -0.476 e. The van der Waals surface area contributed by atoms with Crippen molar-refractivity contribution >= 4 is 11.6 Å². The third-order valence-electron chi connectivity index (χ3n) is 3.69. The Morgan fingerprint density at radius 2 is 1.62 bits per heavy atom. The Bertz CT molecular complexity index is 917. The third-order valence-corrected chi connectivity index (χ3v) is 3.69. The first-order valence-electron chi connectivity index (χ1n) is 7.94. The molecule has 0 bridgehead atoms. The zero-order valence-corrected chi connectivity index (χ0v) is 13.7. The Labute approximate surface area is 150 Å². The number of benzene rings is 3. The van der Waals surface area contributed by atoms with Gasteiger partial charge in [-0.05, 0) is 48.5 Å².